The third kappa shape index (κ3) is 3.61. The monoisotopic (exact) mass is 229 g/mol. The van der Waals surface area contributed by atoms with Crippen molar-refractivity contribution in [3.63, 3.8) is 0 Å². The van der Waals surface area contributed by atoms with E-state index in [-0.39, 0.29) is 6.61 Å². The highest BCUT2D eigenvalue weighted by molar-refractivity contribution is 5.63. The Hall–Kier alpha value is -2.36. The summed E-state index contributed by atoms with van der Waals surface area (Å²) < 4.78 is 9.90. The third-order valence-corrected chi connectivity index (χ3v) is 2.05. The van der Waals surface area contributed by atoms with Crippen molar-refractivity contribution in [1.82, 2.24) is 4.98 Å². The van der Waals surface area contributed by atoms with Gasteiger partial charge in [0.1, 0.15) is 12.4 Å². The van der Waals surface area contributed by atoms with E-state index >= 15 is 0 Å². The van der Waals surface area contributed by atoms with E-state index in [2.05, 4.69) is 4.98 Å². The summed E-state index contributed by atoms with van der Waals surface area (Å²) in [5.74, 6) is 0.465. The van der Waals surface area contributed by atoms with Gasteiger partial charge in [-0.15, -0.1) is 0 Å². The molecule has 0 saturated heterocycles. The van der Waals surface area contributed by atoms with Crippen LogP contribution in [0.3, 0.4) is 0 Å². The zero-order valence-corrected chi connectivity index (χ0v) is 9.08. The van der Waals surface area contributed by atoms with Gasteiger partial charge < -0.3 is 9.47 Å². The average molecular weight is 229 g/mol. The quantitative estimate of drug-likeness (QED) is 0.599. The van der Waals surface area contributed by atoms with E-state index in [9.17, 15) is 4.79 Å². The molecule has 2 aromatic rings. The zero-order valence-electron chi connectivity index (χ0n) is 9.08. The second-order valence-electron chi connectivity index (χ2n) is 3.31. The molecule has 0 bridgehead atoms. The molecule has 0 amide bonds. The zero-order chi connectivity index (χ0) is 11.9. The summed E-state index contributed by atoms with van der Waals surface area (Å²) >= 11 is 0. The molecule has 0 spiro atoms. The van der Waals surface area contributed by atoms with Gasteiger partial charge in [0, 0.05) is 12.4 Å². The molecule has 0 aliphatic heterocycles. The normalized spacial score (nSPS) is 9.65. The number of hydrogen-bond acceptors (Lipinski definition) is 4. The maximum absolute atomic E-state index is 11.3. The number of ether oxygens (including phenoxy) is 2. The number of carbonyl (C=O) groups is 1. The lowest BCUT2D eigenvalue weighted by Gasteiger charge is -2.05. The van der Waals surface area contributed by atoms with Crippen LogP contribution in [0.25, 0.3) is 0 Å². The van der Waals surface area contributed by atoms with Crippen LogP contribution in [0.5, 0.6) is 5.75 Å². The fourth-order valence-electron chi connectivity index (χ4n) is 1.24. The summed E-state index contributed by atoms with van der Waals surface area (Å²) in [6.07, 6.45) is 2.57. The van der Waals surface area contributed by atoms with Crippen molar-refractivity contribution < 1.29 is 14.3 Å². The maximum Gasteiger partial charge on any atom is 0.514 e. The van der Waals surface area contributed by atoms with Crippen LogP contribution >= 0.6 is 0 Å². The summed E-state index contributed by atoms with van der Waals surface area (Å²) in [6, 6.07) is 12.3. The molecule has 1 heterocycles. The van der Waals surface area contributed by atoms with E-state index in [0.717, 1.165) is 5.56 Å². The molecule has 1 aromatic heterocycles. The van der Waals surface area contributed by atoms with Gasteiger partial charge in [-0.2, -0.15) is 0 Å². The largest absolute Gasteiger partial charge is 0.514 e. The van der Waals surface area contributed by atoms with Gasteiger partial charge in [0.05, 0.1) is 0 Å². The molecule has 0 unspecified atom stereocenters. The Balaban J connectivity index is 1.83. The Labute approximate surface area is 98.8 Å². The predicted octanol–water partition coefficient (Wildman–Crippen LogP) is 2.80. The van der Waals surface area contributed by atoms with Crippen molar-refractivity contribution in [3.05, 3.63) is 60.4 Å². The summed E-state index contributed by atoms with van der Waals surface area (Å²) in [5, 5.41) is 0. The second-order valence-corrected chi connectivity index (χ2v) is 3.31. The second kappa shape index (κ2) is 5.65. The van der Waals surface area contributed by atoms with Crippen molar-refractivity contribution in [2.45, 2.75) is 6.61 Å². The van der Waals surface area contributed by atoms with Crippen molar-refractivity contribution in [2.24, 2.45) is 0 Å². The maximum atomic E-state index is 11.3. The van der Waals surface area contributed by atoms with Gasteiger partial charge in [0.15, 0.2) is 0 Å². The van der Waals surface area contributed by atoms with Crippen molar-refractivity contribution in [2.75, 3.05) is 0 Å². The van der Waals surface area contributed by atoms with Crippen molar-refractivity contribution >= 4 is 6.16 Å². The van der Waals surface area contributed by atoms with E-state index < -0.39 is 6.16 Å². The summed E-state index contributed by atoms with van der Waals surface area (Å²) in [6.45, 7) is 0.175. The first-order chi connectivity index (χ1) is 8.34. The smallest absolute Gasteiger partial charge is 0.429 e. The number of rotatable bonds is 3. The van der Waals surface area contributed by atoms with E-state index in [1.807, 2.05) is 6.07 Å². The van der Waals surface area contributed by atoms with Gasteiger partial charge in [-0.25, -0.2) is 4.79 Å². The van der Waals surface area contributed by atoms with Gasteiger partial charge in [0.2, 0.25) is 0 Å². The average Bonchev–Trinajstić information content (AvgIpc) is 2.39. The van der Waals surface area contributed by atoms with E-state index in [1.54, 1.807) is 48.8 Å². The SMILES string of the molecule is O=C(OCc1ccncc1)Oc1ccccc1. The fraction of sp³-hybridized carbons (Fsp3) is 0.0769. The molecule has 0 fully saturated rings. The predicted molar refractivity (Wildman–Crippen MR) is 61.5 cm³/mol. The molecule has 0 radical (unpaired) electrons. The fourth-order valence-corrected chi connectivity index (χ4v) is 1.24. The van der Waals surface area contributed by atoms with E-state index in [4.69, 9.17) is 9.47 Å². The van der Waals surface area contributed by atoms with Crippen LogP contribution in [-0.4, -0.2) is 11.1 Å². The topological polar surface area (TPSA) is 48.4 Å². The molecule has 0 N–H and O–H groups in total. The van der Waals surface area contributed by atoms with Crippen LogP contribution in [0.2, 0.25) is 0 Å². The molecule has 4 heteroatoms. The van der Waals surface area contributed by atoms with E-state index in [1.165, 1.54) is 0 Å². The molecule has 4 nitrogen and oxygen atoms in total. The number of pyridine rings is 1. The molecule has 0 atom stereocenters. The Morgan fingerprint density at radius 2 is 1.76 bits per heavy atom. The van der Waals surface area contributed by atoms with Gasteiger partial charge >= 0.3 is 6.16 Å². The molecule has 17 heavy (non-hydrogen) atoms. The minimum atomic E-state index is -0.715. The molecule has 0 aliphatic carbocycles. The Bertz CT molecular complexity index is 471. The van der Waals surface area contributed by atoms with Crippen LogP contribution in [-0.2, 0) is 11.3 Å². The van der Waals surface area contributed by atoms with Crippen LogP contribution < -0.4 is 4.74 Å². The molecule has 1 aromatic carbocycles. The number of para-hydroxylation sites is 1. The minimum Gasteiger partial charge on any atom is -0.429 e. The molecule has 86 valence electrons. The summed E-state index contributed by atoms with van der Waals surface area (Å²) in [7, 11) is 0. The molecular formula is C13H11NO3. The van der Waals surface area contributed by atoms with Crippen LogP contribution in [0, 0.1) is 0 Å². The number of hydrogen-bond donors (Lipinski definition) is 0. The highest BCUT2D eigenvalue weighted by Gasteiger charge is 2.05. The van der Waals surface area contributed by atoms with Gasteiger partial charge in [-0.1, -0.05) is 18.2 Å². The molecule has 0 saturated carbocycles. The minimum absolute atomic E-state index is 0.175. The standard InChI is InChI=1S/C13H11NO3/c15-13(17-12-4-2-1-3-5-12)16-10-11-6-8-14-9-7-11/h1-9H,10H2. The van der Waals surface area contributed by atoms with E-state index in [0.29, 0.717) is 5.75 Å². The lowest BCUT2D eigenvalue weighted by atomic mass is 10.3. The lowest BCUT2D eigenvalue weighted by Crippen LogP contribution is -2.10. The first kappa shape index (κ1) is 11.1. The number of nitrogens with zero attached hydrogens (tertiary/aromatic N) is 1. The Kier molecular flexibility index (Phi) is 3.70. The molecular weight excluding hydrogens is 218 g/mol. The summed E-state index contributed by atoms with van der Waals surface area (Å²) in [5.41, 5.74) is 0.866. The Morgan fingerprint density at radius 1 is 1.06 bits per heavy atom. The first-order valence-electron chi connectivity index (χ1n) is 5.13. The first-order valence-corrected chi connectivity index (χ1v) is 5.13. The van der Waals surface area contributed by atoms with Gasteiger partial charge in [-0.05, 0) is 29.8 Å². The Morgan fingerprint density at radius 3 is 2.47 bits per heavy atom. The molecule has 2 rings (SSSR count). The lowest BCUT2D eigenvalue weighted by molar-refractivity contribution is 0.0927. The van der Waals surface area contributed by atoms with Crippen LogP contribution in [0.4, 0.5) is 4.79 Å². The van der Waals surface area contributed by atoms with Crippen LogP contribution in [0.15, 0.2) is 54.9 Å². The van der Waals surface area contributed by atoms with Crippen molar-refractivity contribution in [3.8, 4) is 5.75 Å². The number of benzene rings is 1. The molecule has 0 aliphatic rings. The summed E-state index contributed by atoms with van der Waals surface area (Å²) in [4.78, 5) is 15.2. The van der Waals surface area contributed by atoms with Gasteiger partial charge in [-0.3, -0.25) is 4.98 Å². The number of carbonyl (C=O) groups excluding carboxylic acids is 1. The van der Waals surface area contributed by atoms with Crippen molar-refractivity contribution in [1.29, 1.82) is 0 Å². The highest BCUT2D eigenvalue weighted by Crippen LogP contribution is 2.09. The van der Waals surface area contributed by atoms with Crippen LogP contribution in [0.1, 0.15) is 5.56 Å². The number of aromatic nitrogens is 1. The third-order valence-electron chi connectivity index (χ3n) is 2.05. The highest BCUT2D eigenvalue weighted by atomic mass is 16.7. The van der Waals surface area contributed by atoms with Gasteiger partial charge in [0.25, 0.3) is 0 Å².